The molecule has 1 aliphatic rings. The van der Waals surface area contributed by atoms with Crippen molar-refractivity contribution in [3.05, 3.63) is 23.8 Å². The first kappa shape index (κ1) is 13.7. The van der Waals surface area contributed by atoms with Crippen molar-refractivity contribution in [1.29, 1.82) is 0 Å². The van der Waals surface area contributed by atoms with Gasteiger partial charge < -0.3 is 15.1 Å². The van der Waals surface area contributed by atoms with Gasteiger partial charge in [0.15, 0.2) is 11.5 Å². The van der Waals surface area contributed by atoms with E-state index in [1.54, 1.807) is 11.0 Å². The number of nitrogens with zero attached hydrogens (tertiary/aromatic N) is 2. The molecule has 1 amide bonds. The van der Waals surface area contributed by atoms with E-state index in [2.05, 4.69) is 18.7 Å². The molecule has 1 fully saturated rings. The van der Waals surface area contributed by atoms with E-state index in [9.17, 15) is 15.0 Å². The van der Waals surface area contributed by atoms with Crippen LogP contribution in [0.2, 0.25) is 0 Å². The molecule has 2 N–H and O–H groups in total. The van der Waals surface area contributed by atoms with Crippen LogP contribution >= 0.6 is 0 Å². The van der Waals surface area contributed by atoms with E-state index in [4.69, 9.17) is 0 Å². The van der Waals surface area contributed by atoms with Gasteiger partial charge in [0.1, 0.15) is 0 Å². The molecular weight excluding hydrogens is 244 g/mol. The van der Waals surface area contributed by atoms with Crippen LogP contribution in [-0.2, 0) is 0 Å². The molecule has 2 rings (SSSR count). The van der Waals surface area contributed by atoms with Gasteiger partial charge in [-0.15, -0.1) is 0 Å². The highest BCUT2D eigenvalue weighted by Gasteiger charge is 2.34. The topological polar surface area (TPSA) is 64.0 Å². The maximum absolute atomic E-state index is 12.4. The fourth-order valence-corrected chi connectivity index (χ4v) is 2.29. The second kappa shape index (κ2) is 4.74. The number of likely N-dealkylation sites (N-methyl/N-ethyl adjacent to an activating group) is 1. The maximum atomic E-state index is 12.4. The van der Waals surface area contributed by atoms with E-state index < -0.39 is 0 Å². The van der Waals surface area contributed by atoms with Gasteiger partial charge in [0.05, 0.1) is 5.56 Å². The van der Waals surface area contributed by atoms with E-state index in [-0.39, 0.29) is 28.5 Å². The van der Waals surface area contributed by atoms with Crippen LogP contribution in [-0.4, -0.2) is 58.1 Å². The van der Waals surface area contributed by atoms with Gasteiger partial charge in [-0.25, -0.2) is 0 Å². The molecule has 0 saturated carbocycles. The Morgan fingerprint density at radius 1 is 1.26 bits per heavy atom. The van der Waals surface area contributed by atoms with E-state index in [0.29, 0.717) is 13.1 Å². The Balaban J connectivity index is 2.23. The summed E-state index contributed by atoms with van der Waals surface area (Å²) < 4.78 is 0. The first-order chi connectivity index (χ1) is 8.83. The number of hydrogen-bond acceptors (Lipinski definition) is 4. The third-order valence-electron chi connectivity index (χ3n) is 3.85. The van der Waals surface area contributed by atoms with Gasteiger partial charge in [0, 0.05) is 25.2 Å². The zero-order valence-electron chi connectivity index (χ0n) is 11.6. The number of para-hydroxylation sites is 1. The molecule has 0 aliphatic carbocycles. The Morgan fingerprint density at radius 2 is 1.95 bits per heavy atom. The molecule has 0 bridgehead atoms. The second-order valence-electron chi connectivity index (χ2n) is 5.63. The van der Waals surface area contributed by atoms with Crippen molar-refractivity contribution in [3.63, 3.8) is 0 Å². The summed E-state index contributed by atoms with van der Waals surface area (Å²) in [6.45, 7) is 6.16. The second-order valence-corrected chi connectivity index (χ2v) is 5.63. The molecule has 0 atom stereocenters. The highest BCUT2D eigenvalue weighted by Crippen LogP contribution is 2.30. The van der Waals surface area contributed by atoms with Crippen molar-refractivity contribution in [2.45, 2.75) is 19.4 Å². The zero-order valence-corrected chi connectivity index (χ0v) is 11.6. The van der Waals surface area contributed by atoms with Crippen LogP contribution in [0.5, 0.6) is 11.5 Å². The molecule has 1 aromatic rings. The predicted molar refractivity (Wildman–Crippen MR) is 72.4 cm³/mol. The Morgan fingerprint density at radius 3 is 2.58 bits per heavy atom. The van der Waals surface area contributed by atoms with Crippen LogP contribution in [0.1, 0.15) is 24.2 Å². The summed E-state index contributed by atoms with van der Waals surface area (Å²) in [5.74, 6) is -0.849. The van der Waals surface area contributed by atoms with Gasteiger partial charge in [0.2, 0.25) is 0 Å². The monoisotopic (exact) mass is 264 g/mol. The van der Waals surface area contributed by atoms with Gasteiger partial charge in [-0.1, -0.05) is 6.07 Å². The minimum atomic E-state index is -0.343. The number of carbonyl (C=O) groups excluding carboxylic acids is 1. The lowest BCUT2D eigenvalue weighted by molar-refractivity contribution is 0.0309. The summed E-state index contributed by atoms with van der Waals surface area (Å²) in [6.07, 6.45) is 0. The number of amides is 1. The first-order valence-electron chi connectivity index (χ1n) is 6.34. The number of hydrogen-bond donors (Lipinski definition) is 2. The molecule has 0 spiro atoms. The Labute approximate surface area is 113 Å². The van der Waals surface area contributed by atoms with Gasteiger partial charge in [-0.05, 0) is 33.0 Å². The third-order valence-corrected chi connectivity index (χ3v) is 3.85. The largest absolute Gasteiger partial charge is 0.504 e. The highest BCUT2D eigenvalue weighted by atomic mass is 16.3. The molecule has 19 heavy (non-hydrogen) atoms. The minimum absolute atomic E-state index is 0.0969. The average molecular weight is 264 g/mol. The summed E-state index contributed by atoms with van der Waals surface area (Å²) >= 11 is 0. The molecule has 104 valence electrons. The van der Waals surface area contributed by atoms with Crippen LogP contribution in [0, 0.1) is 0 Å². The number of aromatic hydroxyl groups is 2. The van der Waals surface area contributed by atoms with Gasteiger partial charge in [-0.3, -0.25) is 9.69 Å². The summed E-state index contributed by atoms with van der Waals surface area (Å²) in [7, 11) is 2.04. The van der Waals surface area contributed by atoms with Crippen molar-refractivity contribution in [2.24, 2.45) is 0 Å². The lowest BCUT2D eigenvalue weighted by atomic mass is 9.99. The van der Waals surface area contributed by atoms with E-state index in [1.165, 1.54) is 12.1 Å². The van der Waals surface area contributed by atoms with Crippen LogP contribution in [0.4, 0.5) is 0 Å². The summed E-state index contributed by atoms with van der Waals surface area (Å²) in [5.41, 5.74) is 0.0562. The van der Waals surface area contributed by atoms with Gasteiger partial charge >= 0.3 is 0 Å². The molecule has 5 heteroatoms. The normalized spacial score (nSPS) is 19.4. The van der Waals surface area contributed by atoms with E-state index in [1.807, 2.05) is 7.05 Å². The standard InChI is InChI=1S/C14H20N2O3/c1-14(2)9-16(8-7-15(14)3)13(19)10-5-4-6-11(17)12(10)18/h4-6,17-18H,7-9H2,1-3H3. The molecule has 5 nitrogen and oxygen atoms in total. The van der Waals surface area contributed by atoms with Gasteiger partial charge in [0.25, 0.3) is 5.91 Å². The Kier molecular flexibility index (Phi) is 3.41. The molecule has 1 aromatic carbocycles. The number of phenolic OH excluding ortho intramolecular Hbond substituents is 2. The molecule has 1 aliphatic heterocycles. The smallest absolute Gasteiger partial charge is 0.257 e. The van der Waals surface area contributed by atoms with Crippen molar-refractivity contribution >= 4 is 5.91 Å². The number of phenols is 2. The number of piperazine rings is 1. The van der Waals surface area contributed by atoms with Crippen LogP contribution in [0.15, 0.2) is 18.2 Å². The number of benzene rings is 1. The lowest BCUT2D eigenvalue weighted by Crippen LogP contribution is -2.58. The molecule has 0 aromatic heterocycles. The van der Waals surface area contributed by atoms with Crippen molar-refractivity contribution in [3.8, 4) is 11.5 Å². The molecule has 0 unspecified atom stereocenters. The molecule has 1 heterocycles. The Bertz CT molecular complexity index is 499. The summed E-state index contributed by atoms with van der Waals surface area (Å²) in [5, 5.41) is 19.2. The van der Waals surface area contributed by atoms with Crippen LogP contribution < -0.4 is 0 Å². The quantitative estimate of drug-likeness (QED) is 0.750. The van der Waals surface area contributed by atoms with Crippen LogP contribution in [0.25, 0.3) is 0 Å². The predicted octanol–water partition coefficient (Wildman–Crippen LogP) is 1.26. The number of rotatable bonds is 1. The summed E-state index contributed by atoms with van der Waals surface area (Å²) in [4.78, 5) is 16.3. The molecule has 1 saturated heterocycles. The fraction of sp³-hybridized carbons (Fsp3) is 0.500. The van der Waals surface area contributed by atoms with Crippen molar-refractivity contribution in [2.75, 3.05) is 26.7 Å². The first-order valence-corrected chi connectivity index (χ1v) is 6.34. The molecule has 0 radical (unpaired) electrons. The van der Waals surface area contributed by atoms with E-state index in [0.717, 1.165) is 6.54 Å². The summed E-state index contributed by atoms with van der Waals surface area (Å²) in [6, 6.07) is 4.45. The average Bonchev–Trinajstić information content (AvgIpc) is 2.35. The van der Waals surface area contributed by atoms with E-state index >= 15 is 0 Å². The maximum Gasteiger partial charge on any atom is 0.257 e. The fourth-order valence-electron chi connectivity index (χ4n) is 2.29. The van der Waals surface area contributed by atoms with Crippen molar-refractivity contribution < 1.29 is 15.0 Å². The third kappa shape index (κ3) is 2.51. The van der Waals surface area contributed by atoms with Crippen LogP contribution in [0.3, 0.4) is 0 Å². The highest BCUT2D eigenvalue weighted by molar-refractivity contribution is 5.97. The van der Waals surface area contributed by atoms with Gasteiger partial charge in [-0.2, -0.15) is 0 Å². The minimum Gasteiger partial charge on any atom is -0.504 e. The van der Waals surface area contributed by atoms with Crippen molar-refractivity contribution in [1.82, 2.24) is 9.80 Å². The zero-order chi connectivity index (χ0) is 14.2. The molecular formula is C14H20N2O3. The lowest BCUT2D eigenvalue weighted by Gasteiger charge is -2.45. The Hall–Kier alpha value is -1.75. The number of carbonyl (C=O) groups is 1. The SMILES string of the molecule is CN1CCN(C(=O)c2cccc(O)c2O)CC1(C)C.